The fourth-order valence-electron chi connectivity index (χ4n) is 1.40. The van der Waals surface area contributed by atoms with Gasteiger partial charge in [0.25, 0.3) is 0 Å². The van der Waals surface area contributed by atoms with Crippen molar-refractivity contribution in [3.05, 3.63) is 23.8 Å². The van der Waals surface area contributed by atoms with E-state index in [0.717, 1.165) is 5.56 Å². The van der Waals surface area contributed by atoms with Gasteiger partial charge in [0.15, 0.2) is 0 Å². The van der Waals surface area contributed by atoms with Gasteiger partial charge in [-0.1, -0.05) is 0 Å². The Bertz CT molecular complexity index is 449. The minimum atomic E-state index is -2.70. The van der Waals surface area contributed by atoms with Crippen molar-refractivity contribution in [2.24, 2.45) is 0 Å². The van der Waals surface area contributed by atoms with E-state index in [-0.39, 0.29) is 6.10 Å². The second kappa shape index (κ2) is 6.92. The first-order valence-corrected chi connectivity index (χ1v) is 9.36. The van der Waals surface area contributed by atoms with Gasteiger partial charge in [0.1, 0.15) is 5.75 Å². The van der Waals surface area contributed by atoms with Crippen LogP contribution < -0.4 is 4.52 Å². The van der Waals surface area contributed by atoms with Gasteiger partial charge in [-0.05, 0) is 50.8 Å². The van der Waals surface area contributed by atoms with Crippen LogP contribution in [0, 0.1) is 6.92 Å². The van der Waals surface area contributed by atoms with E-state index in [1.165, 1.54) is 12.0 Å². The van der Waals surface area contributed by atoms with Crippen molar-refractivity contribution >= 4 is 30.3 Å². The van der Waals surface area contributed by atoms with Crippen molar-refractivity contribution in [3.8, 4) is 5.75 Å². The standard InChI is InChI=1S/C12H19O3PS2/c1-9(2)14-16(17,13-4)15-11-6-7-12(18-5)10(3)8-11/h6-9H,1-5H3. The van der Waals surface area contributed by atoms with Crippen molar-refractivity contribution < 1.29 is 13.6 Å². The smallest absolute Gasteiger partial charge is 0.380 e. The van der Waals surface area contributed by atoms with Gasteiger partial charge in [-0.3, -0.25) is 4.52 Å². The molecule has 0 aromatic heterocycles. The van der Waals surface area contributed by atoms with Crippen LogP contribution in [0.1, 0.15) is 19.4 Å². The number of hydrogen-bond acceptors (Lipinski definition) is 5. The predicted molar refractivity (Wildman–Crippen MR) is 81.1 cm³/mol. The van der Waals surface area contributed by atoms with Crippen LogP contribution in [0.15, 0.2) is 23.1 Å². The molecule has 1 aromatic rings. The number of hydrogen-bond donors (Lipinski definition) is 0. The third kappa shape index (κ3) is 4.56. The molecule has 0 aliphatic rings. The molecule has 3 nitrogen and oxygen atoms in total. The molecule has 0 bridgehead atoms. The number of rotatable bonds is 6. The third-order valence-corrected chi connectivity index (χ3v) is 5.54. The maximum Gasteiger partial charge on any atom is 0.380 e. The van der Waals surface area contributed by atoms with E-state index in [1.807, 2.05) is 45.2 Å². The van der Waals surface area contributed by atoms with E-state index in [9.17, 15) is 0 Å². The second-order valence-corrected chi connectivity index (χ2v) is 7.85. The van der Waals surface area contributed by atoms with Crippen LogP contribution in [0.4, 0.5) is 0 Å². The van der Waals surface area contributed by atoms with Crippen LogP contribution in [0.25, 0.3) is 0 Å². The zero-order valence-electron chi connectivity index (χ0n) is 11.3. The summed E-state index contributed by atoms with van der Waals surface area (Å²) in [5, 5.41) is 0. The molecular weight excluding hydrogens is 287 g/mol. The van der Waals surface area contributed by atoms with Gasteiger partial charge in [0.05, 0.1) is 6.10 Å². The van der Waals surface area contributed by atoms with Gasteiger partial charge >= 0.3 is 6.72 Å². The Morgan fingerprint density at radius 1 is 1.33 bits per heavy atom. The zero-order chi connectivity index (χ0) is 13.8. The molecule has 0 amide bonds. The fraction of sp³-hybridized carbons (Fsp3) is 0.500. The molecule has 0 saturated heterocycles. The van der Waals surface area contributed by atoms with Gasteiger partial charge in [-0.15, -0.1) is 11.8 Å². The summed E-state index contributed by atoms with van der Waals surface area (Å²) < 4.78 is 16.5. The van der Waals surface area contributed by atoms with Crippen LogP contribution in [0.2, 0.25) is 0 Å². The highest BCUT2D eigenvalue weighted by Crippen LogP contribution is 2.50. The quantitative estimate of drug-likeness (QED) is 0.574. The first-order valence-electron chi connectivity index (χ1n) is 5.58. The Morgan fingerprint density at radius 2 is 2.00 bits per heavy atom. The molecule has 0 aliphatic carbocycles. The Morgan fingerprint density at radius 3 is 2.44 bits per heavy atom. The minimum Gasteiger partial charge on any atom is -0.424 e. The highest BCUT2D eigenvalue weighted by Gasteiger charge is 2.22. The molecule has 6 heteroatoms. The highest BCUT2D eigenvalue weighted by atomic mass is 32.5. The maximum absolute atomic E-state index is 5.71. The normalized spacial score (nSPS) is 14.6. The van der Waals surface area contributed by atoms with Crippen molar-refractivity contribution in [1.29, 1.82) is 0 Å². The van der Waals surface area contributed by atoms with Crippen LogP contribution in [0.5, 0.6) is 5.75 Å². The van der Waals surface area contributed by atoms with E-state index in [0.29, 0.717) is 5.75 Å². The van der Waals surface area contributed by atoms with Gasteiger partial charge in [0.2, 0.25) is 0 Å². The van der Waals surface area contributed by atoms with Gasteiger partial charge < -0.3 is 9.05 Å². The molecule has 0 radical (unpaired) electrons. The van der Waals surface area contributed by atoms with Crippen molar-refractivity contribution in [2.75, 3.05) is 13.4 Å². The first-order chi connectivity index (χ1) is 8.40. The van der Waals surface area contributed by atoms with Crippen molar-refractivity contribution in [2.45, 2.75) is 31.8 Å². The summed E-state index contributed by atoms with van der Waals surface area (Å²) in [6.45, 7) is 3.16. The average molecular weight is 306 g/mol. The van der Waals surface area contributed by atoms with Crippen LogP contribution in [-0.2, 0) is 20.9 Å². The Labute approximate surface area is 118 Å². The monoisotopic (exact) mass is 306 g/mol. The molecule has 0 N–H and O–H groups in total. The van der Waals surface area contributed by atoms with Gasteiger partial charge in [-0.25, -0.2) is 0 Å². The largest absolute Gasteiger partial charge is 0.424 e. The van der Waals surface area contributed by atoms with Gasteiger partial charge in [-0.2, -0.15) is 0 Å². The lowest BCUT2D eigenvalue weighted by atomic mass is 10.2. The molecule has 0 saturated carbocycles. The van der Waals surface area contributed by atoms with E-state index in [4.69, 9.17) is 25.4 Å². The molecule has 0 aliphatic heterocycles. The van der Waals surface area contributed by atoms with E-state index in [2.05, 4.69) is 0 Å². The molecule has 1 unspecified atom stereocenters. The second-order valence-electron chi connectivity index (χ2n) is 4.01. The molecule has 0 spiro atoms. The average Bonchev–Trinajstić information content (AvgIpc) is 2.28. The Hall–Kier alpha value is -0.0600. The molecule has 1 rings (SSSR count). The predicted octanol–water partition coefficient (Wildman–Crippen LogP) is 4.39. The van der Waals surface area contributed by atoms with Gasteiger partial charge in [0, 0.05) is 23.8 Å². The summed E-state index contributed by atoms with van der Waals surface area (Å²) in [6, 6.07) is 5.86. The van der Waals surface area contributed by atoms with E-state index >= 15 is 0 Å². The summed E-state index contributed by atoms with van der Waals surface area (Å²) in [5.41, 5.74) is 1.15. The summed E-state index contributed by atoms with van der Waals surface area (Å²) in [5.74, 6) is 0.691. The number of benzene rings is 1. The number of aryl methyl sites for hydroxylation is 1. The number of thioether (sulfide) groups is 1. The molecule has 0 fully saturated rings. The first kappa shape index (κ1) is 16.0. The van der Waals surface area contributed by atoms with E-state index < -0.39 is 6.72 Å². The maximum atomic E-state index is 5.71. The lowest BCUT2D eigenvalue weighted by Crippen LogP contribution is -2.06. The highest BCUT2D eigenvalue weighted by molar-refractivity contribution is 8.07. The third-order valence-electron chi connectivity index (χ3n) is 2.15. The zero-order valence-corrected chi connectivity index (χ0v) is 13.8. The molecule has 18 heavy (non-hydrogen) atoms. The lowest BCUT2D eigenvalue weighted by molar-refractivity contribution is 0.186. The van der Waals surface area contributed by atoms with Crippen LogP contribution in [-0.4, -0.2) is 19.5 Å². The summed E-state index contributed by atoms with van der Waals surface area (Å²) >= 11 is 7.01. The molecule has 1 aromatic carbocycles. The SMILES string of the molecule is COP(=S)(Oc1ccc(SC)c(C)c1)OC(C)C. The molecule has 1 atom stereocenters. The van der Waals surface area contributed by atoms with Crippen molar-refractivity contribution in [1.82, 2.24) is 0 Å². The topological polar surface area (TPSA) is 27.7 Å². The molecule has 0 heterocycles. The summed E-state index contributed by atoms with van der Waals surface area (Å²) in [7, 11) is 1.52. The summed E-state index contributed by atoms with van der Waals surface area (Å²) in [4.78, 5) is 1.22. The van der Waals surface area contributed by atoms with Crippen LogP contribution >= 0.6 is 18.5 Å². The van der Waals surface area contributed by atoms with Crippen molar-refractivity contribution in [3.63, 3.8) is 0 Å². The minimum absolute atomic E-state index is 0.0256. The Balaban J connectivity index is 2.88. The molecule has 102 valence electrons. The lowest BCUT2D eigenvalue weighted by Gasteiger charge is -2.22. The van der Waals surface area contributed by atoms with Crippen LogP contribution in [0.3, 0.4) is 0 Å². The molecular formula is C12H19O3PS2. The Kier molecular flexibility index (Phi) is 6.15. The van der Waals surface area contributed by atoms with E-state index in [1.54, 1.807) is 11.8 Å². The fourth-order valence-corrected chi connectivity index (χ4v) is 3.85. The summed E-state index contributed by atoms with van der Waals surface area (Å²) in [6.07, 6.45) is 2.02.